The van der Waals surface area contributed by atoms with Crippen molar-refractivity contribution in [1.29, 1.82) is 0 Å². The van der Waals surface area contributed by atoms with Crippen molar-refractivity contribution in [2.75, 3.05) is 24.6 Å². The highest BCUT2D eigenvalue weighted by molar-refractivity contribution is 7.71. The van der Waals surface area contributed by atoms with E-state index in [1.54, 1.807) is 10.9 Å². The van der Waals surface area contributed by atoms with Crippen LogP contribution in [0.4, 0.5) is 5.69 Å². The molecule has 0 bridgehead atoms. The van der Waals surface area contributed by atoms with E-state index < -0.39 is 0 Å². The lowest BCUT2D eigenvalue weighted by Gasteiger charge is -2.20. The van der Waals surface area contributed by atoms with E-state index in [4.69, 9.17) is 17.0 Å². The van der Waals surface area contributed by atoms with E-state index in [2.05, 4.69) is 58.3 Å². The van der Waals surface area contributed by atoms with Crippen LogP contribution in [0.1, 0.15) is 44.2 Å². The Balaban J connectivity index is 1.79. The largest absolute Gasteiger partial charge is 0.372 e. The monoisotopic (exact) mass is 345 g/mol. The van der Waals surface area contributed by atoms with E-state index in [9.17, 15) is 0 Å². The van der Waals surface area contributed by atoms with E-state index in [0.29, 0.717) is 4.77 Å². The molecule has 1 aromatic carbocycles. The fourth-order valence-electron chi connectivity index (χ4n) is 2.89. The molecule has 24 heavy (non-hydrogen) atoms. The van der Waals surface area contributed by atoms with Gasteiger partial charge in [-0.15, -0.1) is 0 Å². The van der Waals surface area contributed by atoms with Gasteiger partial charge < -0.3 is 9.64 Å². The van der Waals surface area contributed by atoms with Gasteiger partial charge in [-0.1, -0.05) is 12.1 Å². The Morgan fingerprint density at radius 1 is 1.38 bits per heavy atom. The molecule has 0 amide bonds. The minimum atomic E-state index is -0.0276. The van der Waals surface area contributed by atoms with Gasteiger partial charge in [0, 0.05) is 25.4 Å². The molecule has 1 N–H and O–H groups in total. The summed E-state index contributed by atoms with van der Waals surface area (Å²) in [5.74, 6) is 0.744. The molecule has 1 unspecified atom stereocenters. The number of hydrogen-bond acceptors (Lipinski definition) is 5. The molecule has 0 radical (unpaired) electrons. The second-order valence-corrected chi connectivity index (χ2v) is 6.10. The van der Waals surface area contributed by atoms with Crippen LogP contribution in [0.2, 0.25) is 0 Å². The molecule has 1 fully saturated rings. The molecule has 1 atom stereocenters. The molecule has 128 valence electrons. The third-order valence-electron chi connectivity index (χ3n) is 4.24. The fraction of sp³-hybridized carbons (Fsp3) is 0.471. The number of H-pyrrole nitrogens is 1. The smallest absolute Gasteiger partial charge is 0.216 e. The van der Waals surface area contributed by atoms with Crippen molar-refractivity contribution in [3.8, 4) is 0 Å². The molecule has 2 heterocycles. The van der Waals surface area contributed by atoms with Crippen molar-refractivity contribution in [2.45, 2.75) is 32.8 Å². The molecule has 1 aromatic heterocycles. The van der Waals surface area contributed by atoms with E-state index in [1.165, 1.54) is 5.69 Å². The van der Waals surface area contributed by atoms with Crippen LogP contribution in [0, 0.1) is 4.77 Å². The van der Waals surface area contributed by atoms with Crippen LogP contribution >= 0.6 is 12.2 Å². The van der Waals surface area contributed by atoms with Crippen LogP contribution < -0.4 is 4.90 Å². The van der Waals surface area contributed by atoms with Crippen molar-refractivity contribution in [3.63, 3.8) is 0 Å². The standard InChI is InChI=1S/C17H23N5OS/c1-3-21(4-2)14-9-7-13(8-10-14)12-18-22-16(19-20-17(22)24)15-6-5-11-23-15/h7-10,12,15H,3-6,11H2,1-2H3,(H,20,24)/b18-12-. The van der Waals surface area contributed by atoms with Gasteiger partial charge in [-0.25, -0.2) is 0 Å². The lowest BCUT2D eigenvalue weighted by atomic mass is 10.2. The Morgan fingerprint density at radius 2 is 2.12 bits per heavy atom. The number of ether oxygens (including phenoxy) is 1. The molecule has 1 saturated heterocycles. The number of rotatable bonds is 6. The topological polar surface area (TPSA) is 58.4 Å². The minimum absolute atomic E-state index is 0.0276. The van der Waals surface area contributed by atoms with Crippen LogP contribution in [-0.4, -0.2) is 40.8 Å². The highest BCUT2D eigenvalue weighted by Gasteiger charge is 2.23. The summed E-state index contributed by atoms with van der Waals surface area (Å²) in [4.78, 5) is 2.31. The number of nitrogens with one attached hydrogen (secondary N) is 1. The zero-order valence-corrected chi connectivity index (χ0v) is 14.9. The third kappa shape index (κ3) is 3.57. The van der Waals surface area contributed by atoms with E-state index in [0.717, 1.165) is 43.9 Å². The highest BCUT2D eigenvalue weighted by atomic mass is 32.1. The Kier molecular flexibility index (Phi) is 5.42. The Labute approximate surface area is 147 Å². The van der Waals surface area contributed by atoms with Gasteiger partial charge in [0.15, 0.2) is 5.82 Å². The van der Waals surface area contributed by atoms with E-state index >= 15 is 0 Å². The van der Waals surface area contributed by atoms with Crippen molar-refractivity contribution in [3.05, 3.63) is 40.4 Å². The van der Waals surface area contributed by atoms with Gasteiger partial charge >= 0.3 is 0 Å². The molecule has 6 nitrogen and oxygen atoms in total. The number of nitrogens with zero attached hydrogens (tertiary/aromatic N) is 4. The number of aromatic nitrogens is 3. The van der Waals surface area contributed by atoms with E-state index in [1.807, 2.05) is 0 Å². The average molecular weight is 345 g/mol. The summed E-state index contributed by atoms with van der Waals surface area (Å²) in [5.41, 5.74) is 2.24. The Morgan fingerprint density at radius 3 is 2.75 bits per heavy atom. The zero-order valence-electron chi connectivity index (χ0n) is 14.1. The molecule has 0 saturated carbocycles. The zero-order chi connectivity index (χ0) is 16.9. The normalized spacial score (nSPS) is 17.7. The summed E-state index contributed by atoms with van der Waals surface area (Å²) in [7, 11) is 0. The summed E-state index contributed by atoms with van der Waals surface area (Å²) < 4.78 is 7.82. The van der Waals surface area contributed by atoms with Crippen molar-refractivity contribution in [2.24, 2.45) is 5.10 Å². The first-order chi connectivity index (χ1) is 11.7. The van der Waals surface area contributed by atoms with Gasteiger partial charge in [-0.2, -0.15) is 14.9 Å². The first kappa shape index (κ1) is 16.9. The lowest BCUT2D eigenvalue weighted by Crippen LogP contribution is -2.21. The molecular weight excluding hydrogens is 322 g/mol. The number of anilines is 1. The van der Waals surface area contributed by atoms with Crippen LogP contribution in [-0.2, 0) is 4.74 Å². The summed E-state index contributed by atoms with van der Waals surface area (Å²) in [6.07, 6.45) is 3.77. The van der Waals surface area contributed by atoms with Gasteiger partial charge in [0.1, 0.15) is 6.10 Å². The average Bonchev–Trinajstić information content (AvgIpc) is 3.25. The quantitative estimate of drug-likeness (QED) is 0.643. The van der Waals surface area contributed by atoms with Gasteiger partial charge in [0.05, 0.1) is 6.21 Å². The molecule has 1 aliphatic rings. The lowest BCUT2D eigenvalue weighted by molar-refractivity contribution is 0.102. The highest BCUT2D eigenvalue weighted by Crippen LogP contribution is 2.27. The first-order valence-corrected chi connectivity index (χ1v) is 8.82. The summed E-state index contributed by atoms with van der Waals surface area (Å²) in [5, 5.41) is 11.6. The fourth-order valence-corrected chi connectivity index (χ4v) is 3.08. The molecular formula is C17H23N5OS. The Bertz CT molecular complexity index is 739. The SMILES string of the molecule is CCN(CC)c1ccc(/C=N\n2c(C3CCCO3)n[nH]c2=S)cc1. The van der Waals surface area contributed by atoms with Crippen molar-refractivity contribution >= 4 is 24.1 Å². The maximum atomic E-state index is 5.68. The summed E-state index contributed by atoms with van der Waals surface area (Å²) in [6.45, 7) is 7.08. The third-order valence-corrected chi connectivity index (χ3v) is 4.50. The van der Waals surface area contributed by atoms with Crippen molar-refractivity contribution < 1.29 is 4.74 Å². The van der Waals surface area contributed by atoms with Crippen LogP contribution in [0.15, 0.2) is 29.4 Å². The summed E-state index contributed by atoms with van der Waals surface area (Å²) >= 11 is 5.28. The predicted molar refractivity (Wildman–Crippen MR) is 98.3 cm³/mol. The molecule has 0 spiro atoms. The molecule has 7 heteroatoms. The number of hydrogen-bond donors (Lipinski definition) is 1. The second-order valence-electron chi connectivity index (χ2n) is 5.71. The van der Waals surface area contributed by atoms with Crippen molar-refractivity contribution in [1.82, 2.24) is 14.9 Å². The van der Waals surface area contributed by atoms with Gasteiger partial charge in [-0.3, -0.25) is 5.10 Å². The van der Waals surface area contributed by atoms with Gasteiger partial charge in [0.25, 0.3) is 0 Å². The maximum absolute atomic E-state index is 5.68. The summed E-state index contributed by atoms with van der Waals surface area (Å²) in [6, 6.07) is 8.35. The number of benzene rings is 1. The molecule has 0 aliphatic carbocycles. The molecule has 3 rings (SSSR count). The van der Waals surface area contributed by atoms with E-state index in [-0.39, 0.29) is 6.10 Å². The minimum Gasteiger partial charge on any atom is -0.372 e. The number of aromatic amines is 1. The van der Waals surface area contributed by atoms with Gasteiger partial charge in [0.2, 0.25) is 4.77 Å². The maximum Gasteiger partial charge on any atom is 0.216 e. The Hall–Kier alpha value is -1.99. The predicted octanol–water partition coefficient (Wildman–Crippen LogP) is 3.52. The second kappa shape index (κ2) is 7.72. The molecule has 1 aliphatic heterocycles. The van der Waals surface area contributed by atoms with Crippen LogP contribution in [0.3, 0.4) is 0 Å². The molecule has 2 aromatic rings. The first-order valence-electron chi connectivity index (χ1n) is 8.41. The van der Waals surface area contributed by atoms with Crippen LogP contribution in [0.5, 0.6) is 0 Å². The van der Waals surface area contributed by atoms with Gasteiger partial charge in [-0.05, 0) is 56.6 Å². The van der Waals surface area contributed by atoms with Crippen LogP contribution in [0.25, 0.3) is 0 Å².